The molecule has 0 aliphatic carbocycles. The Morgan fingerprint density at radius 2 is 2.06 bits per heavy atom. The average molecular weight is 247 g/mol. The van der Waals surface area contributed by atoms with Gasteiger partial charge in [-0.3, -0.25) is 4.79 Å². The molecule has 0 spiro atoms. The quantitative estimate of drug-likeness (QED) is 0.803. The maximum atomic E-state index is 13.2. The van der Waals surface area contributed by atoms with E-state index in [1.165, 1.54) is 18.2 Å². The number of nitrogens with one attached hydrogen (secondary N) is 2. The highest BCUT2D eigenvalue weighted by molar-refractivity contribution is 5.77. The highest BCUT2D eigenvalue weighted by Crippen LogP contribution is 2.22. The first-order chi connectivity index (χ1) is 8.74. The van der Waals surface area contributed by atoms with Gasteiger partial charge in [0.1, 0.15) is 11.6 Å². The van der Waals surface area contributed by atoms with Gasteiger partial charge in [-0.2, -0.15) is 0 Å². The van der Waals surface area contributed by atoms with Crippen molar-refractivity contribution >= 4 is 10.9 Å². The summed E-state index contributed by atoms with van der Waals surface area (Å²) in [6.45, 7) is 1.85. The van der Waals surface area contributed by atoms with Crippen molar-refractivity contribution in [2.24, 2.45) is 0 Å². The van der Waals surface area contributed by atoms with Crippen LogP contribution in [-0.2, 0) is 0 Å². The molecule has 1 aliphatic rings. The van der Waals surface area contributed by atoms with Gasteiger partial charge in [0.15, 0.2) is 0 Å². The zero-order valence-electron chi connectivity index (χ0n) is 9.87. The fraction of sp³-hybridized carbons (Fsp3) is 0.385. The largest absolute Gasteiger partial charge is 0.317 e. The minimum Gasteiger partial charge on any atom is -0.317 e. The van der Waals surface area contributed by atoms with Crippen LogP contribution in [0.15, 0.2) is 23.0 Å². The Kier molecular flexibility index (Phi) is 2.83. The molecule has 0 bridgehead atoms. The van der Waals surface area contributed by atoms with E-state index in [-0.39, 0.29) is 17.3 Å². The molecule has 1 aromatic carbocycles. The van der Waals surface area contributed by atoms with Crippen LogP contribution >= 0.6 is 0 Å². The molecule has 1 saturated heterocycles. The Morgan fingerprint density at radius 3 is 2.83 bits per heavy atom. The Hall–Kier alpha value is -1.75. The van der Waals surface area contributed by atoms with Crippen molar-refractivity contribution in [2.45, 2.75) is 18.8 Å². The van der Waals surface area contributed by atoms with E-state index in [9.17, 15) is 9.18 Å². The standard InChI is InChI=1S/C13H14FN3O/c14-9-1-2-10-11(7-9)16-12(17-13(10)18)8-3-5-15-6-4-8/h1-2,7-8,15H,3-6H2,(H,16,17,18). The zero-order chi connectivity index (χ0) is 12.5. The fourth-order valence-corrected chi connectivity index (χ4v) is 2.42. The van der Waals surface area contributed by atoms with Crippen molar-refractivity contribution in [3.05, 3.63) is 40.2 Å². The average Bonchev–Trinajstić information content (AvgIpc) is 2.39. The molecule has 0 saturated carbocycles. The molecule has 2 N–H and O–H groups in total. The van der Waals surface area contributed by atoms with Gasteiger partial charge in [0, 0.05) is 12.0 Å². The molecule has 2 heterocycles. The molecule has 0 amide bonds. The molecule has 0 unspecified atom stereocenters. The molecule has 1 fully saturated rings. The Labute approximate surface area is 103 Å². The number of aromatic nitrogens is 2. The van der Waals surface area contributed by atoms with Crippen LogP contribution in [0.25, 0.3) is 10.9 Å². The van der Waals surface area contributed by atoms with Crippen molar-refractivity contribution in [3.63, 3.8) is 0 Å². The summed E-state index contributed by atoms with van der Waals surface area (Å²) >= 11 is 0. The molecular formula is C13H14FN3O. The highest BCUT2D eigenvalue weighted by atomic mass is 19.1. The number of nitrogens with zero attached hydrogens (tertiary/aromatic N) is 1. The predicted molar refractivity (Wildman–Crippen MR) is 67.2 cm³/mol. The normalized spacial score (nSPS) is 17.2. The lowest BCUT2D eigenvalue weighted by Crippen LogP contribution is -2.28. The van der Waals surface area contributed by atoms with Gasteiger partial charge in [0.25, 0.3) is 5.56 Å². The number of rotatable bonds is 1. The minimum atomic E-state index is -0.364. The first-order valence-corrected chi connectivity index (χ1v) is 6.14. The Bertz CT molecular complexity index is 632. The summed E-state index contributed by atoms with van der Waals surface area (Å²) in [5.41, 5.74) is 0.251. The number of H-pyrrole nitrogens is 1. The maximum absolute atomic E-state index is 13.2. The summed E-state index contributed by atoms with van der Waals surface area (Å²) in [6.07, 6.45) is 1.90. The van der Waals surface area contributed by atoms with Crippen LogP contribution in [0.4, 0.5) is 4.39 Å². The summed E-state index contributed by atoms with van der Waals surface area (Å²) < 4.78 is 13.2. The van der Waals surface area contributed by atoms with E-state index in [1.807, 2.05) is 0 Å². The zero-order valence-corrected chi connectivity index (χ0v) is 9.87. The maximum Gasteiger partial charge on any atom is 0.258 e. The third-order valence-corrected chi connectivity index (χ3v) is 3.41. The van der Waals surface area contributed by atoms with Crippen molar-refractivity contribution in [2.75, 3.05) is 13.1 Å². The minimum absolute atomic E-state index is 0.187. The SMILES string of the molecule is O=c1[nH]c(C2CCNCC2)nc2cc(F)ccc12. The molecule has 3 rings (SSSR count). The van der Waals surface area contributed by atoms with Crippen LogP contribution in [0.5, 0.6) is 0 Å². The summed E-state index contributed by atoms with van der Waals surface area (Å²) in [5, 5.41) is 3.70. The highest BCUT2D eigenvalue weighted by Gasteiger charge is 2.18. The van der Waals surface area contributed by atoms with E-state index in [0.29, 0.717) is 16.7 Å². The molecule has 4 nitrogen and oxygen atoms in total. The molecule has 18 heavy (non-hydrogen) atoms. The van der Waals surface area contributed by atoms with Crippen LogP contribution in [0.3, 0.4) is 0 Å². The molecule has 0 radical (unpaired) electrons. The Balaban J connectivity index is 2.10. The summed E-state index contributed by atoms with van der Waals surface area (Å²) in [7, 11) is 0. The molecule has 1 aromatic heterocycles. The van der Waals surface area contributed by atoms with Gasteiger partial charge in [-0.1, -0.05) is 0 Å². The second kappa shape index (κ2) is 4.49. The molecule has 2 aromatic rings. The van der Waals surface area contributed by atoms with Crippen molar-refractivity contribution in [3.8, 4) is 0 Å². The number of hydrogen-bond acceptors (Lipinski definition) is 3. The van der Waals surface area contributed by atoms with Gasteiger partial charge in [-0.05, 0) is 38.1 Å². The van der Waals surface area contributed by atoms with Gasteiger partial charge in [0.05, 0.1) is 10.9 Å². The number of fused-ring (bicyclic) bond motifs is 1. The number of piperidine rings is 1. The van der Waals surface area contributed by atoms with Crippen LogP contribution in [0.2, 0.25) is 0 Å². The van der Waals surface area contributed by atoms with E-state index in [4.69, 9.17) is 0 Å². The van der Waals surface area contributed by atoms with E-state index < -0.39 is 0 Å². The van der Waals surface area contributed by atoms with Crippen LogP contribution < -0.4 is 10.9 Å². The van der Waals surface area contributed by atoms with E-state index in [1.54, 1.807) is 0 Å². The fourth-order valence-electron chi connectivity index (χ4n) is 2.42. The third kappa shape index (κ3) is 2.01. The smallest absolute Gasteiger partial charge is 0.258 e. The van der Waals surface area contributed by atoms with Crippen LogP contribution in [0.1, 0.15) is 24.6 Å². The number of aromatic amines is 1. The first-order valence-electron chi connectivity index (χ1n) is 6.14. The number of hydrogen-bond donors (Lipinski definition) is 2. The molecular weight excluding hydrogens is 233 g/mol. The second-order valence-electron chi connectivity index (χ2n) is 4.64. The second-order valence-corrected chi connectivity index (χ2v) is 4.64. The molecule has 0 atom stereocenters. The molecule has 1 aliphatic heterocycles. The van der Waals surface area contributed by atoms with Gasteiger partial charge in [0.2, 0.25) is 0 Å². The van der Waals surface area contributed by atoms with E-state index in [2.05, 4.69) is 15.3 Å². The van der Waals surface area contributed by atoms with Gasteiger partial charge in [-0.15, -0.1) is 0 Å². The lowest BCUT2D eigenvalue weighted by atomic mass is 9.97. The van der Waals surface area contributed by atoms with Gasteiger partial charge < -0.3 is 10.3 Å². The topological polar surface area (TPSA) is 57.8 Å². The van der Waals surface area contributed by atoms with Gasteiger partial charge >= 0.3 is 0 Å². The summed E-state index contributed by atoms with van der Waals surface area (Å²) in [5.74, 6) is 0.572. The molecule has 94 valence electrons. The first kappa shape index (κ1) is 11.3. The van der Waals surface area contributed by atoms with Crippen molar-refractivity contribution < 1.29 is 4.39 Å². The van der Waals surface area contributed by atoms with E-state index >= 15 is 0 Å². The summed E-state index contributed by atoms with van der Waals surface area (Å²) in [4.78, 5) is 19.1. The predicted octanol–water partition coefficient (Wildman–Crippen LogP) is 1.53. The molecule has 5 heteroatoms. The Morgan fingerprint density at radius 1 is 1.28 bits per heavy atom. The summed E-state index contributed by atoms with van der Waals surface area (Å²) in [6, 6.07) is 4.07. The van der Waals surface area contributed by atoms with E-state index in [0.717, 1.165) is 25.9 Å². The van der Waals surface area contributed by atoms with Crippen molar-refractivity contribution in [1.82, 2.24) is 15.3 Å². The lowest BCUT2D eigenvalue weighted by molar-refractivity contribution is 0.445. The third-order valence-electron chi connectivity index (χ3n) is 3.41. The lowest BCUT2D eigenvalue weighted by Gasteiger charge is -2.21. The van der Waals surface area contributed by atoms with Gasteiger partial charge in [-0.25, -0.2) is 9.37 Å². The van der Waals surface area contributed by atoms with Crippen LogP contribution in [0, 0.1) is 5.82 Å². The number of halogens is 1. The van der Waals surface area contributed by atoms with Crippen LogP contribution in [-0.4, -0.2) is 23.1 Å². The monoisotopic (exact) mass is 247 g/mol. The number of benzene rings is 1. The van der Waals surface area contributed by atoms with Crippen molar-refractivity contribution in [1.29, 1.82) is 0 Å².